The number of aliphatic hydroxyl groups excluding tert-OH is 1. The Morgan fingerprint density at radius 2 is 1.95 bits per heavy atom. The summed E-state index contributed by atoms with van der Waals surface area (Å²) in [6.45, 7) is 4.91. The van der Waals surface area contributed by atoms with Gasteiger partial charge < -0.3 is 21.5 Å². The van der Waals surface area contributed by atoms with Crippen LogP contribution in [0.4, 0.5) is 5.69 Å². The number of carbonyl (C=O) groups is 1. The third kappa shape index (κ3) is 3.21. The zero-order valence-corrected chi connectivity index (χ0v) is 23.4. The zero-order chi connectivity index (χ0) is 27.3. The first-order chi connectivity index (χ1) is 18.6. The Kier molecular flexibility index (Phi) is 5.42. The van der Waals surface area contributed by atoms with Crippen LogP contribution in [0.25, 0.3) is 0 Å². The van der Waals surface area contributed by atoms with Crippen LogP contribution in [-0.2, 0) is 10.2 Å². The number of benzene rings is 1. The minimum atomic E-state index is -1.27. The number of dihydropyridines is 1. The van der Waals surface area contributed by atoms with Crippen molar-refractivity contribution in [2.75, 3.05) is 5.32 Å². The predicted octanol–water partition coefficient (Wildman–Crippen LogP) is 5.65. The third-order valence-electron chi connectivity index (χ3n) is 11.9. The number of fused-ring (bicyclic) bond motifs is 7. The third-order valence-corrected chi connectivity index (χ3v) is 12.2. The molecular weight excluding hydrogens is 508 g/mol. The van der Waals surface area contributed by atoms with Crippen LogP contribution in [0.3, 0.4) is 0 Å². The maximum Gasteiger partial charge on any atom is 0.244 e. The molecule has 4 aliphatic carbocycles. The highest BCUT2D eigenvalue weighted by Crippen LogP contribution is 2.67. The van der Waals surface area contributed by atoms with Crippen molar-refractivity contribution in [3.8, 4) is 6.07 Å². The Balaban J connectivity index is 1.27. The fourth-order valence-electron chi connectivity index (χ4n) is 9.97. The van der Waals surface area contributed by atoms with Crippen molar-refractivity contribution in [1.82, 2.24) is 5.32 Å². The molecule has 7 heteroatoms. The van der Waals surface area contributed by atoms with E-state index in [1.165, 1.54) is 12.0 Å². The molecule has 204 valence electrons. The van der Waals surface area contributed by atoms with E-state index in [2.05, 4.69) is 36.6 Å². The molecule has 1 amide bonds. The van der Waals surface area contributed by atoms with Crippen LogP contribution < -0.4 is 16.4 Å². The molecule has 0 aromatic heterocycles. The van der Waals surface area contributed by atoms with Gasteiger partial charge in [-0.05, 0) is 92.1 Å². The summed E-state index contributed by atoms with van der Waals surface area (Å²) in [5.41, 5.74) is 9.49. The average molecular weight is 545 g/mol. The smallest absolute Gasteiger partial charge is 0.244 e. The van der Waals surface area contributed by atoms with Gasteiger partial charge in [0.1, 0.15) is 17.3 Å². The maximum absolute atomic E-state index is 13.7. The van der Waals surface area contributed by atoms with Gasteiger partial charge in [-0.15, -0.1) is 0 Å². The number of nitrogens with one attached hydrogen (secondary N) is 2. The summed E-state index contributed by atoms with van der Waals surface area (Å²) < 4.78 is 0. The summed E-state index contributed by atoms with van der Waals surface area (Å²) in [5, 5.41) is 27.3. The number of hydrogen-bond donors (Lipinski definition) is 4. The van der Waals surface area contributed by atoms with Crippen molar-refractivity contribution >= 4 is 23.2 Å². The fourth-order valence-corrected chi connectivity index (χ4v) is 10.2. The van der Waals surface area contributed by atoms with E-state index in [-0.39, 0.29) is 40.2 Å². The van der Waals surface area contributed by atoms with E-state index in [0.29, 0.717) is 34.0 Å². The SMILES string of the molecule is C[C@]12CC[C@H]3[C@@H](CC=C4C[C@@H](O)CC[C@@]43C)[C@@H]1CC[C@@H]2C1=CC2(C(=O)Nc3c(Cl)cccc32)C(C#N)=C(N)N1. The van der Waals surface area contributed by atoms with E-state index in [9.17, 15) is 15.2 Å². The summed E-state index contributed by atoms with van der Waals surface area (Å²) in [6, 6.07) is 7.70. The monoisotopic (exact) mass is 544 g/mol. The minimum absolute atomic E-state index is 0.0771. The topological polar surface area (TPSA) is 111 Å². The molecule has 6 nitrogen and oxygen atoms in total. The lowest BCUT2D eigenvalue weighted by atomic mass is 9.47. The van der Waals surface area contributed by atoms with E-state index in [1.807, 2.05) is 18.2 Å². The van der Waals surface area contributed by atoms with Crippen molar-refractivity contribution in [2.45, 2.75) is 76.7 Å². The van der Waals surface area contributed by atoms with Crippen molar-refractivity contribution in [2.24, 2.45) is 40.2 Å². The largest absolute Gasteiger partial charge is 0.393 e. The minimum Gasteiger partial charge on any atom is -0.393 e. The van der Waals surface area contributed by atoms with Crippen LogP contribution in [0.1, 0.15) is 70.8 Å². The highest BCUT2D eigenvalue weighted by molar-refractivity contribution is 6.35. The molecule has 8 atom stereocenters. The van der Waals surface area contributed by atoms with Crippen molar-refractivity contribution in [1.29, 1.82) is 5.26 Å². The number of amides is 1. The standard InChI is InChI=1S/C32H37ClN4O2/c1-30-12-10-18(38)14-17(30)6-7-19-20-8-9-22(31(20,2)13-11-21(19)30)26-15-32(24(16-34)28(35)36-26)23-4-3-5-25(33)27(23)37-29(32)39/h3-6,15,18-22,36,38H,7-14,35H2,1-2H3,(H,37,39)/t18-,19-,20-,21-,22+,30-,31-,32?/m0/s1. The molecule has 1 unspecified atom stereocenters. The quantitative estimate of drug-likeness (QED) is 0.341. The number of carbonyl (C=O) groups excluding carboxylic acids is 1. The Morgan fingerprint density at radius 1 is 1.13 bits per heavy atom. The van der Waals surface area contributed by atoms with Crippen molar-refractivity contribution in [3.63, 3.8) is 0 Å². The number of rotatable bonds is 1. The van der Waals surface area contributed by atoms with Gasteiger partial charge >= 0.3 is 0 Å². The Hall–Kier alpha value is -2.75. The van der Waals surface area contributed by atoms with Gasteiger partial charge in [0.2, 0.25) is 5.91 Å². The van der Waals surface area contributed by atoms with E-state index in [4.69, 9.17) is 17.3 Å². The van der Waals surface area contributed by atoms with Crippen LogP contribution in [0.2, 0.25) is 5.02 Å². The van der Waals surface area contributed by atoms with Crippen LogP contribution in [0, 0.1) is 45.8 Å². The second-order valence-corrected chi connectivity index (χ2v) is 13.8. The summed E-state index contributed by atoms with van der Waals surface area (Å²) in [5.74, 6) is 2.09. The molecule has 1 spiro atoms. The summed E-state index contributed by atoms with van der Waals surface area (Å²) in [4.78, 5) is 13.7. The van der Waals surface area contributed by atoms with E-state index >= 15 is 0 Å². The van der Waals surface area contributed by atoms with Gasteiger partial charge in [-0.2, -0.15) is 5.26 Å². The second kappa shape index (κ2) is 8.38. The molecule has 1 aromatic rings. The molecule has 3 fully saturated rings. The highest BCUT2D eigenvalue weighted by Gasteiger charge is 2.60. The molecule has 0 radical (unpaired) electrons. The first-order valence-corrected chi connectivity index (χ1v) is 14.9. The number of nitrogens with zero attached hydrogens (tertiary/aromatic N) is 1. The predicted molar refractivity (Wildman–Crippen MR) is 151 cm³/mol. The van der Waals surface area contributed by atoms with Crippen molar-refractivity contribution < 1.29 is 9.90 Å². The molecule has 2 aliphatic heterocycles. The lowest BCUT2D eigenvalue weighted by molar-refractivity contribution is -0.118. The Morgan fingerprint density at radius 3 is 2.74 bits per heavy atom. The van der Waals surface area contributed by atoms with Gasteiger partial charge in [0.25, 0.3) is 0 Å². The molecule has 3 saturated carbocycles. The molecule has 6 aliphatic rings. The van der Waals surface area contributed by atoms with Gasteiger partial charge in [-0.3, -0.25) is 4.79 Å². The van der Waals surface area contributed by atoms with Gasteiger partial charge in [0.05, 0.1) is 22.4 Å². The number of anilines is 1. The molecule has 1 aromatic carbocycles. The van der Waals surface area contributed by atoms with Crippen LogP contribution in [0.5, 0.6) is 0 Å². The van der Waals surface area contributed by atoms with Crippen LogP contribution in [0.15, 0.2) is 53.0 Å². The fraction of sp³-hybridized carbons (Fsp3) is 0.562. The normalized spacial score (nSPS) is 42.3. The number of hydrogen-bond acceptors (Lipinski definition) is 5. The zero-order valence-electron chi connectivity index (χ0n) is 22.7. The Bertz CT molecular complexity index is 1420. The lowest BCUT2D eigenvalue weighted by Crippen LogP contribution is -2.51. The highest BCUT2D eigenvalue weighted by atomic mass is 35.5. The average Bonchev–Trinajstić information content (AvgIpc) is 3.40. The van der Waals surface area contributed by atoms with Crippen LogP contribution in [-0.4, -0.2) is 17.1 Å². The Labute approximate surface area is 235 Å². The van der Waals surface area contributed by atoms with Gasteiger partial charge in [0.15, 0.2) is 0 Å². The molecular formula is C32H37ClN4O2. The number of para-hydroxylation sites is 1. The van der Waals surface area contributed by atoms with E-state index in [1.54, 1.807) is 6.07 Å². The summed E-state index contributed by atoms with van der Waals surface area (Å²) in [6.07, 6.45) is 12.7. The summed E-state index contributed by atoms with van der Waals surface area (Å²) >= 11 is 6.47. The number of halogens is 1. The van der Waals surface area contributed by atoms with Gasteiger partial charge in [-0.25, -0.2) is 0 Å². The van der Waals surface area contributed by atoms with Gasteiger partial charge in [0, 0.05) is 17.2 Å². The molecule has 7 rings (SSSR count). The first kappa shape index (κ1) is 25.2. The number of nitrogens with two attached hydrogens (primary N) is 1. The number of allylic oxidation sites excluding steroid dienone is 2. The lowest BCUT2D eigenvalue weighted by Gasteiger charge is -2.58. The van der Waals surface area contributed by atoms with Crippen LogP contribution >= 0.6 is 11.6 Å². The number of nitriles is 1. The molecule has 39 heavy (non-hydrogen) atoms. The first-order valence-electron chi connectivity index (χ1n) is 14.5. The molecule has 0 saturated heterocycles. The maximum atomic E-state index is 13.7. The molecule has 5 N–H and O–H groups in total. The van der Waals surface area contributed by atoms with Gasteiger partial charge in [-0.1, -0.05) is 49.2 Å². The molecule has 0 bridgehead atoms. The number of aliphatic hydroxyl groups is 1. The van der Waals surface area contributed by atoms with E-state index in [0.717, 1.165) is 50.6 Å². The molecule has 2 heterocycles. The summed E-state index contributed by atoms with van der Waals surface area (Å²) in [7, 11) is 0. The second-order valence-electron chi connectivity index (χ2n) is 13.4. The van der Waals surface area contributed by atoms with E-state index < -0.39 is 5.41 Å². The van der Waals surface area contributed by atoms with Crippen molar-refractivity contribution in [3.05, 3.63) is 63.6 Å².